The van der Waals surface area contributed by atoms with Gasteiger partial charge in [0.1, 0.15) is 0 Å². The van der Waals surface area contributed by atoms with E-state index in [0.29, 0.717) is 6.42 Å². The van der Waals surface area contributed by atoms with E-state index in [0.717, 1.165) is 5.56 Å². The van der Waals surface area contributed by atoms with E-state index in [1.54, 1.807) is 13.8 Å². The van der Waals surface area contributed by atoms with Crippen LogP contribution >= 0.6 is 0 Å². The van der Waals surface area contributed by atoms with E-state index in [2.05, 4.69) is 15.4 Å². The van der Waals surface area contributed by atoms with Gasteiger partial charge in [-0.3, -0.25) is 4.79 Å². The third-order valence-electron chi connectivity index (χ3n) is 3.44. The maximum atomic E-state index is 12.0. The highest BCUT2D eigenvalue weighted by atomic mass is 32.2. The predicted octanol–water partition coefficient (Wildman–Crippen LogP) is 1.09. The molecule has 9 heteroatoms. The Morgan fingerprint density at radius 1 is 1.15 bits per heavy atom. The summed E-state index contributed by atoms with van der Waals surface area (Å²) >= 11 is 0. The van der Waals surface area contributed by atoms with E-state index in [1.807, 2.05) is 30.3 Å². The van der Waals surface area contributed by atoms with Gasteiger partial charge in [-0.1, -0.05) is 30.3 Å². The van der Waals surface area contributed by atoms with Crippen molar-refractivity contribution in [1.29, 1.82) is 0 Å². The SMILES string of the molecule is CC(C)NS(=O)(=O)CCNC(=O)NC(CCC(=O)O)Cc1ccccc1. The molecular formula is C17H27N3O5S. The van der Waals surface area contributed by atoms with Gasteiger partial charge in [-0.2, -0.15) is 0 Å². The number of amides is 2. The van der Waals surface area contributed by atoms with Crippen LogP contribution in [-0.2, 0) is 21.2 Å². The van der Waals surface area contributed by atoms with E-state index in [-0.39, 0.29) is 37.2 Å². The highest BCUT2D eigenvalue weighted by Crippen LogP contribution is 2.08. The van der Waals surface area contributed by atoms with Crippen LogP contribution in [-0.4, -0.2) is 49.9 Å². The number of urea groups is 1. The minimum atomic E-state index is -3.45. The van der Waals surface area contributed by atoms with Crippen LogP contribution in [0.15, 0.2) is 30.3 Å². The number of aliphatic carboxylic acids is 1. The number of sulfonamides is 1. The van der Waals surface area contributed by atoms with Crippen LogP contribution in [0.5, 0.6) is 0 Å². The Hall–Kier alpha value is -2.13. The Morgan fingerprint density at radius 2 is 1.81 bits per heavy atom. The molecule has 4 N–H and O–H groups in total. The molecule has 0 aliphatic heterocycles. The smallest absolute Gasteiger partial charge is 0.315 e. The molecule has 0 aliphatic carbocycles. The zero-order chi connectivity index (χ0) is 19.6. The summed E-state index contributed by atoms with van der Waals surface area (Å²) in [6.45, 7) is 3.40. The molecule has 0 aliphatic rings. The van der Waals surface area contributed by atoms with Crippen molar-refractivity contribution in [2.75, 3.05) is 12.3 Å². The number of benzene rings is 1. The molecule has 8 nitrogen and oxygen atoms in total. The highest BCUT2D eigenvalue weighted by molar-refractivity contribution is 7.89. The standard InChI is InChI=1S/C17H27N3O5S/c1-13(2)20-26(24,25)11-10-18-17(23)19-15(8-9-16(21)22)12-14-6-4-3-5-7-14/h3-7,13,15,20H,8-12H2,1-2H3,(H,21,22)(H2,18,19,23). The van der Waals surface area contributed by atoms with Crippen molar-refractivity contribution in [3.8, 4) is 0 Å². The minimum Gasteiger partial charge on any atom is -0.481 e. The maximum absolute atomic E-state index is 12.0. The molecule has 2 amide bonds. The predicted molar refractivity (Wildman–Crippen MR) is 99.4 cm³/mol. The van der Waals surface area contributed by atoms with Crippen molar-refractivity contribution in [2.45, 2.75) is 45.2 Å². The van der Waals surface area contributed by atoms with Crippen molar-refractivity contribution >= 4 is 22.0 Å². The Labute approximate surface area is 154 Å². The fraction of sp³-hybridized carbons (Fsp3) is 0.529. The minimum absolute atomic E-state index is 0.0368. The molecule has 0 saturated carbocycles. The van der Waals surface area contributed by atoms with E-state index in [4.69, 9.17) is 5.11 Å². The second-order valence-corrected chi connectivity index (χ2v) is 8.18. The van der Waals surface area contributed by atoms with Gasteiger partial charge in [-0.25, -0.2) is 17.9 Å². The van der Waals surface area contributed by atoms with Crippen LogP contribution in [0.4, 0.5) is 4.79 Å². The van der Waals surface area contributed by atoms with Gasteiger partial charge < -0.3 is 15.7 Å². The summed E-state index contributed by atoms with van der Waals surface area (Å²) in [5, 5.41) is 14.1. The number of carbonyl (C=O) groups is 2. The van der Waals surface area contributed by atoms with Crippen LogP contribution < -0.4 is 15.4 Å². The van der Waals surface area contributed by atoms with Crippen LogP contribution in [0.1, 0.15) is 32.3 Å². The summed E-state index contributed by atoms with van der Waals surface area (Å²) in [5.41, 5.74) is 0.979. The molecule has 1 unspecified atom stereocenters. The van der Waals surface area contributed by atoms with Crippen molar-refractivity contribution in [2.24, 2.45) is 0 Å². The quantitative estimate of drug-likeness (QED) is 0.454. The summed E-state index contributed by atoms with van der Waals surface area (Å²) in [4.78, 5) is 22.8. The topological polar surface area (TPSA) is 125 Å². The lowest BCUT2D eigenvalue weighted by Crippen LogP contribution is -2.45. The van der Waals surface area contributed by atoms with Crippen molar-refractivity contribution in [3.05, 3.63) is 35.9 Å². The second kappa shape index (κ2) is 10.8. The molecule has 26 heavy (non-hydrogen) atoms. The third kappa shape index (κ3) is 10.00. The third-order valence-corrected chi connectivity index (χ3v) is 5.01. The average molecular weight is 385 g/mol. The largest absolute Gasteiger partial charge is 0.481 e. The first-order valence-electron chi connectivity index (χ1n) is 8.48. The second-order valence-electron chi connectivity index (χ2n) is 6.31. The average Bonchev–Trinajstić information content (AvgIpc) is 2.52. The molecule has 0 radical (unpaired) electrons. The molecule has 1 rings (SSSR count). The summed E-state index contributed by atoms with van der Waals surface area (Å²) < 4.78 is 25.9. The molecule has 146 valence electrons. The van der Waals surface area contributed by atoms with Crippen molar-refractivity contribution in [3.63, 3.8) is 0 Å². The molecule has 0 saturated heterocycles. The first-order chi connectivity index (χ1) is 12.2. The van der Waals surface area contributed by atoms with Crippen LogP contribution in [0, 0.1) is 0 Å². The number of nitrogens with one attached hydrogen (secondary N) is 3. The lowest BCUT2D eigenvalue weighted by atomic mass is 10.0. The first-order valence-corrected chi connectivity index (χ1v) is 10.1. The monoisotopic (exact) mass is 385 g/mol. The summed E-state index contributed by atoms with van der Waals surface area (Å²) in [6, 6.07) is 8.33. The molecular weight excluding hydrogens is 358 g/mol. The van der Waals surface area contributed by atoms with Crippen LogP contribution in [0.2, 0.25) is 0 Å². The van der Waals surface area contributed by atoms with Gasteiger partial charge in [0.2, 0.25) is 10.0 Å². The lowest BCUT2D eigenvalue weighted by Gasteiger charge is -2.19. The van der Waals surface area contributed by atoms with Gasteiger partial charge in [0.25, 0.3) is 0 Å². The molecule has 1 aromatic rings. The summed E-state index contributed by atoms with van der Waals surface area (Å²) in [6.07, 6.45) is 0.712. The van der Waals surface area contributed by atoms with E-state index in [9.17, 15) is 18.0 Å². The Balaban J connectivity index is 2.52. The highest BCUT2D eigenvalue weighted by Gasteiger charge is 2.16. The fourth-order valence-corrected chi connectivity index (χ4v) is 3.58. The molecule has 1 atom stereocenters. The first kappa shape index (κ1) is 21.9. The fourth-order valence-electron chi connectivity index (χ4n) is 2.37. The Bertz CT molecular complexity index is 677. The normalized spacial score (nSPS) is 12.6. The van der Waals surface area contributed by atoms with Gasteiger partial charge in [-0.05, 0) is 32.3 Å². The number of carboxylic acid groups (broad SMARTS) is 1. The number of carbonyl (C=O) groups excluding carboxylic acids is 1. The summed E-state index contributed by atoms with van der Waals surface area (Å²) in [7, 11) is -3.45. The molecule has 0 bridgehead atoms. The number of rotatable bonds is 11. The van der Waals surface area contributed by atoms with E-state index < -0.39 is 22.0 Å². The Kier molecular flexibility index (Phi) is 9.08. The number of hydrogen-bond acceptors (Lipinski definition) is 4. The van der Waals surface area contributed by atoms with E-state index in [1.165, 1.54) is 0 Å². The van der Waals surface area contributed by atoms with Gasteiger partial charge in [-0.15, -0.1) is 0 Å². The number of hydrogen-bond donors (Lipinski definition) is 4. The molecule has 0 heterocycles. The lowest BCUT2D eigenvalue weighted by molar-refractivity contribution is -0.137. The molecule has 0 fully saturated rings. The number of carboxylic acids is 1. The Morgan fingerprint density at radius 3 is 2.38 bits per heavy atom. The van der Waals surface area contributed by atoms with Crippen molar-refractivity contribution in [1.82, 2.24) is 15.4 Å². The van der Waals surface area contributed by atoms with Gasteiger partial charge in [0.05, 0.1) is 5.75 Å². The summed E-state index contributed by atoms with van der Waals surface area (Å²) in [5.74, 6) is -1.16. The molecule has 1 aromatic carbocycles. The van der Waals surface area contributed by atoms with Gasteiger partial charge in [0, 0.05) is 25.0 Å². The zero-order valence-corrected chi connectivity index (χ0v) is 15.9. The van der Waals surface area contributed by atoms with Crippen LogP contribution in [0.25, 0.3) is 0 Å². The van der Waals surface area contributed by atoms with Crippen LogP contribution in [0.3, 0.4) is 0 Å². The molecule has 0 spiro atoms. The molecule has 0 aromatic heterocycles. The van der Waals surface area contributed by atoms with Gasteiger partial charge in [0.15, 0.2) is 0 Å². The maximum Gasteiger partial charge on any atom is 0.315 e. The zero-order valence-electron chi connectivity index (χ0n) is 15.1. The van der Waals surface area contributed by atoms with Gasteiger partial charge >= 0.3 is 12.0 Å². The van der Waals surface area contributed by atoms with Crippen molar-refractivity contribution < 1.29 is 23.1 Å². The van der Waals surface area contributed by atoms with E-state index >= 15 is 0 Å².